The second-order valence-electron chi connectivity index (χ2n) is 7.20. The van der Waals surface area contributed by atoms with Crippen molar-refractivity contribution >= 4 is 21.9 Å². The fourth-order valence-electron chi connectivity index (χ4n) is 3.54. The van der Waals surface area contributed by atoms with E-state index in [2.05, 4.69) is 72.8 Å². The van der Waals surface area contributed by atoms with E-state index >= 15 is 0 Å². The molecule has 146 valence electrons. The highest BCUT2D eigenvalue weighted by Gasteiger charge is 2.21. The number of aryl methyl sites for hydroxylation is 2. The van der Waals surface area contributed by atoms with Gasteiger partial charge in [0, 0.05) is 30.5 Å². The van der Waals surface area contributed by atoms with Crippen LogP contribution in [-0.2, 0) is 19.4 Å². The lowest BCUT2D eigenvalue weighted by molar-refractivity contribution is 0.390. The summed E-state index contributed by atoms with van der Waals surface area (Å²) in [6.07, 6.45) is 4.19. The van der Waals surface area contributed by atoms with Gasteiger partial charge in [0.1, 0.15) is 11.6 Å². The SMILES string of the molecule is CCC(CNC(=NC)NC1CCc2nc(C)nn2C1)Cc1cccc(Br)c1. The Hall–Kier alpha value is -1.89. The van der Waals surface area contributed by atoms with Gasteiger partial charge in [-0.2, -0.15) is 5.10 Å². The van der Waals surface area contributed by atoms with Crippen LogP contribution in [0, 0.1) is 12.8 Å². The molecule has 2 heterocycles. The van der Waals surface area contributed by atoms with Gasteiger partial charge < -0.3 is 10.6 Å². The highest BCUT2D eigenvalue weighted by molar-refractivity contribution is 9.10. The van der Waals surface area contributed by atoms with Crippen molar-refractivity contribution in [2.75, 3.05) is 13.6 Å². The van der Waals surface area contributed by atoms with Crippen molar-refractivity contribution < 1.29 is 0 Å². The molecule has 0 fully saturated rings. The molecular formula is C20H29BrN6. The van der Waals surface area contributed by atoms with Crippen molar-refractivity contribution in [2.24, 2.45) is 10.9 Å². The smallest absolute Gasteiger partial charge is 0.191 e. The van der Waals surface area contributed by atoms with Crippen molar-refractivity contribution in [2.45, 2.75) is 52.1 Å². The lowest BCUT2D eigenvalue weighted by atomic mass is 9.97. The molecule has 1 aromatic carbocycles. The summed E-state index contributed by atoms with van der Waals surface area (Å²) in [6, 6.07) is 8.90. The zero-order valence-electron chi connectivity index (χ0n) is 16.4. The molecular weight excluding hydrogens is 404 g/mol. The maximum absolute atomic E-state index is 4.48. The minimum absolute atomic E-state index is 0.329. The Bertz CT molecular complexity index is 785. The number of hydrogen-bond donors (Lipinski definition) is 2. The van der Waals surface area contributed by atoms with Gasteiger partial charge in [0.05, 0.1) is 6.54 Å². The van der Waals surface area contributed by atoms with Crippen molar-refractivity contribution in [1.29, 1.82) is 0 Å². The van der Waals surface area contributed by atoms with Crippen LogP contribution in [0.15, 0.2) is 33.7 Å². The number of halogens is 1. The Kier molecular flexibility index (Phi) is 6.88. The van der Waals surface area contributed by atoms with Crippen LogP contribution in [0.3, 0.4) is 0 Å². The van der Waals surface area contributed by atoms with Crippen LogP contribution in [-0.4, -0.2) is 40.4 Å². The molecule has 0 bridgehead atoms. The second-order valence-corrected chi connectivity index (χ2v) is 8.11. The van der Waals surface area contributed by atoms with Gasteiger partial charge >= 0.3 is 0 Å². The number of rotatable bonds is 6. The van der Waals surface area contributed by atoms with E-state index in [0.29, 0.717) is 12.0 Å². The van der Waals surface area contributed by atoms with Gasteiger partial charge in [0.2, 0.25) is 0 Å². The summed E-state index contributed by atoms with van der Waals surface area (Å²) in [5, 5.41) is 11.5. The number of aliphatic imine (C=N–C) groups is 1. The Labute approximate surface area is 170 Å². The van der Waals surface area contributed by atoms with Gasteiger partial charge in [-0.1, -0.05) is 41.4 Å². The van der Waals surface area contributed by atoms with Crippen LogP contribution in [0.4, 0.5) is 0 Å². The van der Waals surface area contributed by atoms with Crippen LogP contribution in [0.2, 0.25) is 0 Å². The zero-order valence-corrected chi connectivity index (χ0v) is 18.0. The Morgan fingerprint density at radius 2 is 2.30 bits per heavy atom. The van der Waals surface area contributed by atoms with Gasteiger partial charge in [0.25, 0.3) is 0 Å². The van der Waals surface area contributed by atoms with Crippen LogP contribution in [0.5, 0.6) is 0 Å². The molecule has 0 saturated carbocycles. The van der Waals surface area contributed by atoms with Crippen molar-refractivity contribution in [1.82, 2.24) is 25.4 Å². The summed E-state index contributed by atoms with van der Waals surface area (Å²) < 4.78 is 3.16. The number of hydrogen-bond acceptors (Lipinski definition) is 3. The average molecular weight is 433 g/mol. The molecule has 3 rings (SSSR count). The Balaban J connectivity index is 1.51. The molecule has 0 aliphatic carbocycles. The summed E-state index contributed by atoms with van der Waals surface area (Å²) in [6.45, 7) is 5.94. The first-order valence-corrected chi connectivity index (χ1v) is 10.5. The molecule has 0 saturated heterocycles. The van der Waals surface area contributed by atoms with Crippen LogP contribution >= 0.6 is 15.9 Å². The topological polar surface area (TPSA) is 67.1 Å². The molecule has 6 nitrogen and oxygen atoms in total. The summed E-state index contributed by atoms with van der Waals surface area (Å²) in [5.41, 5.74) is 1.36. The van der Waals surface area contributed by atoms with Crippen LogP contribution in [0.25, 0.3) is 0 Å². The highest BCUT2D eigenvalue weighted by Crippen LogP contribution is 2.17. The molecule has 2 aromatic rings. The molecule has 0 amide bonds. The molecule has 2 atom stereocenters. The number of nitrogens with zero attached hydrogens (tertiary/aromatic N) is 4. The fraction of sp³-hybridized carbons (Fsp3) is 0.550. The first-order valence-electron chi connectivity index (χ1n) is 9.69. The molecule has 1 aromatic heterocycles. The minimum Gasteiger partial charge on any atom is -0.356 e. The fourth-order valence-corrected chi connectivity index (χ4v) is 3.99. The summed E-state index contributed by atoms with van der Waals surface area (Å²) in [4.78, 5) is 8.89. The molecule has 2 N–H and O–H groups in total. The van der Waals surface area contributed by atoms with E-state index in [1.165, 1.54) is 5.56 Å². The van der Waals surface area contributed by atoms with E-state index in [4.69, 9.17) is 0 Å². The number of fused-ring (bicyclic) bond motifs is 1. The normalized spacial score (nSPS) is 18.1. The summed E-state index contributed by atoms with van der Waals surface area (Å²) in [5.74, 6) is 3.38. The third-order valence-electron chi connectivity index (χ3n) is 5.08. The molecule has 7 heteroatoms. The van der Waals surface area contributed by atoms with E-state index in [1.54, 1.807) is 0 Å². The Morgan fingerprint density at radius 3 is 3.04 bits per heavy atom. The maximum atomic E-state index is 4.48. The second kappa shape index (κ2) is 9.35. The van der Waals surface area contributed by atoms with Gasteiger partial charge in [-0.25, -0.2) is 9.67 Å². The summed E-state index contributed by atoms with van der Waals surface area (Å²) in [7, 11) is 1.83. The molecule has 0 radical (unpaired) electrons. The van der Waals surface area contributed by atoms with Crippen molar-refractivity contribution in [3.8, 4) is 0 Å². The third kappa shape index (κ3) is 5.54. The molecule has 1 aliphatic rings. The lowest BCUT2D eigenvalue weighted by Crippen LogP contribution is -2.48. The maximum Gasteiger partial charge on any atom is 0.191 e. The first-order chi connectivity index (χ1) is 13.1. The van der Waals surface area contributed by atoms with Gasteiger partial charge in [0.15, 0.2) is 5.96 Å². The number of nitrogens with one attached hydrogen (secondary N) is 2. The van der Waals surface area contributed by atoms with Crippen LogP contribution < -0.4 is 10.6 Å². The quantitative estimate of drug-likeness (QED) is 0.543. The molecule has 1 aliphatic heterocycles. The number of aromatic nitrogens is 3. The standard InChI is InChI=1S/C20H29BrN6/c1-4-15(10-16-6-5-7-17(21)11-16)12-23-20(22-3)25-18-8-9-19-24-14(2)26-27(19)13-18/h5-7,11,15,18H,4,8-10,12-13H2,1-3H3,(H2,22,23,25). The predicted octanol–water partition coefficient (Wildman–Crippen LogP) is 3.10. The van der Waals surface area contributed by atoms with Gasteiger partial charge in [-0.3, -0.25) is 4.99 Å². The van der Waals surface area contributed by atoms with Crippen molar-refractivity contribution in [3.63, 3.8) is 0 Å². The van der Waals surface area contributed by atoms with E-state index in [0.717, 1.165) is 60.9 Å². The summed E-state index contributed by atoms with van der Waals surface area (Å²) >= 11 is 3.56. The molecule has 0 spiro atoms. The molecule has 2 unspecified atom stereocenters. The first kappa shape index (κ1) is 19.9. The minimum atomic E-state index is 0.329. The van der Waals surface area contributed by atoms with Gasteiger partial charge in [-0.05, 0) is 43.4 Å². The van der Waals surface area contributed by atoms with E-state index < -0.39 is 0 Å². The van der Waals surface area contributed by atoms with E-state index in [9.17, 15) is 0 Å². The van der Waals surface area contributed by atoms with Gasteiger partial charge in [-0.15, -0.1) is 0 Å². The molecule has 27 heavy (non-hydrogen) atoms. The van der Waals surface area contributed by atoms with Crippen molar-refractivity contribution in [3.05, 3.63) is 46.0 Å². The van der Waals surface area contributed by atoms with E-state index in [-0.39, 0.29) is 0 Å². The van der Waals surface area contributed by atoms with Crippen LogP contribution in [0.1, 0.15) is 37.0 Å². The number of benzene rings is 1. The highest BCUT2D eigenvalue weighted by atomic mass is 79.9. The lowest BCUT2D eigenvalue weighted by Gasteiger charge is -2.26. The zero-order chi connectivity index (χ0) is 19.2. The average Bonchev–Trinajstić information content (AvgIpc) is 3.03. The number of guanidine groups is 1. The predicted molar refractivity (Wildman–Crippen MR) is 113 cm³/mol. The van der Waals surface area contributed by atoms with E-state index in [1.807, 2.05) is 18.7 Å². The third-order valence-corrected chi connectivity index (χ3v) is 5.57. The monoisotopic (exact) mass is 432 g/mol. The largest absolute Gasteiger partial charge is 0.356 e. The Morgan fingerprint density at radius 1 is 1.44 bits per heavy atom.